The van der Waals surface area contributed by atoms with Crippen molar-refractivity contribution in [2.75, 3.05) is 38.1 Å². The fourth-order valence-electron chi connectivity index (χ4n) is 3.52. The minimum absolute atomic E-state index is 0.729. The molecule has 3 aromatic rings. The van der Waals surface area contributed by atoms with E-state index in [0.29, 0.717) is 0 Å². The maximum Gasteiger partial charge on any atom is 0.226 e. The van der Waals surface area contributed by atoms with Crippen molar-refractivity contribution in [3.8, 4) is 0 Å². The Labute approximate surface area is 170 Å². The van der Waals surface area contributed by atoms with Crippen molar-refractivity contribution in [2.45, 2.75) is 32.9 Å². The molecule has 0 aromatic carbocycles. The number of pyridine rings is 1. The van der Waals surface area contributed by atoms with E-state index in [-0.39, 0.29) is 0 Å². The molecule has 0 spiro atoms. The lowest BCUT2D eigenvalue weighted by Gasteiger charge is -2.32. The van der Waals surface area contributed by atoms with E-state index >= 15 is 0 Å². The fraction of sp³-hybridized carbons (Fsp3) is 0.476. The van der Waals surface area contributed by atoms with Crippen LogP contribution < -0.4 is 10.2 Å². The molecular formula is C21H28N6S. The molecule has 28 heavy (non-hydrogen) atoms. The van der Waals surface area contributed by atoms with Crippen LogP contribution in [0.4, 0.5) is 5.95 Å². The summed E-state index contributed by atoms with van der Waals surface area (Å²) in [6, 6.07) is 6.43. The van der Waals surface area contributed by atoms with Gasteiger partial charge in [-0.3, -0.25) is 4.98 Å². The summed E-state index contributed by atoms with van der Waals surface area (Å²) in [5, 5.41) is 6.79. The van der Waals surface area contributed by atoms with Crippen LogP contribution in [0.2, 0.25) is 0 Å². The summed E-state index contributed by atoms with van der Waals surface area (Å²) in [7, 11) is 2.16. The second kappa shape index (κ2) is 8.94. The molecule has 0 aliphatic carbocycles. The molecular weight excluding hydrogens is 368 g/mol. The van der Waals surface area contributed by atoms with Crippen molar-refractivity contribution in [2.24, 2.45) is 0 Å². The second-order valence-corrected chi connectivity index (χ2v) is 8.42. The van der Waals surface area contributed by atoms with Crippen LogP contribution >= 0.6 is 11.3 Å². The summed E-state index contributed by atoms with van der Waals surface area (Å²) >= 11 is 1.78. The predicted molar refractivity (Wildman–Crippen MR) is 116 cm³/mol. The van der Waals surface area contributed by atoms with Crippen molar-refractivity contribution in [3.63, 3.8) is 0 Å². The van der Waals surface area contributed by atoms with Crippen LogP contribution in [0.1, 0.15) is 29.6 Å². The van der Waals surface area contributed by atoms with Gasteiger partial charge in [0.1, 0.15) is 0 Å². The van der Waals surface area contributed by atoms with Gasteiger partial charge >= 0.3 is 0 Å². The molecule has 4 rings (SSSR count). The Hall–Kier alpha value is -2.09. The number of aromatic nitrogens is 3. The van der Waals surface area contributed by atoms with Gasteiger partial charge in [0.2, 0.25) is 5.95 Å². The Morgan fingerprint density at radius 2 is 2.00 bits per heavy atom. The summed E-state index contributed by atoms with van der Waals surface area (Å²) in [4.78, 5) is 20.4. The van der Waals surface area contributed by atoms with Crippen LogP contribution in [0.5, 0.6) is 0 Å². The van der Waals surface area contributed by atoms with Crippen LogP contribution in [-0.4, -0.2) is 53.1 Å². The molecule has 1 aliphatic rings. The SMILES string of the molecule is CCCc1cc2c(CNCc3cccs3)nc(N3CCN(C)CC3)nc2cn1. The van der Waals surface area contributed by atoms with Crippen LogP contribution in [0.25, 0.3) is 10.9 Å². The first-order chi connectivity index (χ1) is 13.7. The number of likely N-dealkylation sites (N-methyl/N-ethyl adjacent to an activating group) is 1. The highest BCUT2D eigenvalue weighted by molar-refractivity contribution is 7.09. The molecule has 7 heteroatoms. The van der Waals surface area contributed by atoms with E-state index < -0.39 is 0 Å². The van der Waals surface area contributed by atoms with Gasteiger partial charge in [-0.25, -0.2) is 9.97 Å². The molecule has 3 aromatic heterocycles. The standard InChI is InChI=1S/C21H28N6S/c1-3-5-16-12-18-19(14-22-13-17-6-4-11-28-17)24-21(25-20(18)15-23-16)27-9-7-26(2)8-10-27/h4,6,11-12,15,22H,3,5,7-10,13-14H2,1-2H3. The molecule has 1 aliphatic heterocycles. The van der Waals surface area contributed by atoms with Crippen molar-refractivity contribution < 1.29 is 0 Å². The van der Waals surface area contributed by atoms with Crippen LogP contribution in [-0.2, 0) is 19.5 Å². The lowest BCUT2D eigenvalue weighted by atomic mass is 10.1. The molecule has 0 bridgehead atoms. The van der Waals surface area contributed by atoms with Crippen LogP contribution in [0.3, 0.4) is 0 Å². The van der Waals surface area contributed by atoms with Gasteiger partial charge in [-0.1, -0.05) is 19.4 Å². The largest absolute Gasteiger partial charge is 0.338 e. The molecule has 0 unspecified atom stereocenters. The topological polar surface area (TPSA) is 57.2 Å². The van der Waals surface area contributed by atoms with Gasteiger partial charge < -0.3 is 15.1 Å². The molecule has 6 nitrogen and oxygen atoms in total. The molecule has 0 saturated carbocycles. The third-order valence-corrected chi connectivity index (χ3v) is 6.05. The number of thiophene rings is 1. The number of fused-ring (bicyclic) bond motifs is 1. The normalized spacial score (nSPS) is 15.4. The highest BCUT2D eigenvalue weighted by atomic mass is 32.1. The summed E-state index contributed by atoms with van der Waals surface area (Å²) in [6.45, 7) is 7.79. The average molecular weight is 397 g/mol. The first-order valence-electron chi connectivity index (χ1n) is 10.0. The van der Waals surface area contributed by atoms with E-state index in [1.807, 2.05) is 6.20 Å². The maximum absolute atomic E-state index is 4.98. The number of hydrogen-bond donors (Lipinski definition) is 1. The zero-order chi connectivity index (χ0) is 19.3. The molecule has 4 heterocycles. The molecule has 1 saturated heterocycles. The van der Waals surface area contributed by atoms with E-state index in [1.165, 1.54) is 4.88 Å². The van der Waals surface area contributed by atoms with Gasteiger partial charge in [0, 0.05) is 55.2 Å². The monoisotopic (exact) mass is 396 g/mol. The molecule has 0 amide bonds. The molecule has 0 radical (unpaired) electrons. The van der Waals surface area contributed by atoms with E-state index in [2.05, 4.69) is 57.7 Å². The quantitative estimate of drug-likeness (QED) is 0.662. The van der Waals surface area contributed by atoms with Crippen molar-refractivity contribution in [1.29, 1.82) is 0 Å². The summed E-state index contributed by atoms with van der Waals surface area (Å²) in [5.41, 5.74) is 3.12. The van der Waals surface area contributed by atoms with E-state index in [4.69, 9.17) is 9.97 Å². The van der Waals surface area contributed by atoms with E-state index in [9.17, 15) is 0 Å². The second-order valence-electron chi connectivity index (χ2n) is 7.39. The van der Waals surface area contributed by atoms with Crippen molar-refractivity contribution in [3.05, 3.63) is 46.0 Å². The van der Waals surface area contributed by atoms with Gasteiger partial charge in [-0.15, -0.1) is 11.3 Å². The smallest absolute Gasteiger partial charge is 0.226 e. The first kappa shape index (κ1) is 19.2. The summed E-state index contributed by atoms with van der Waals surface area (Å²) in [5.74, 6) is 0.832. The zero-order valence-corrected chi connectivity index (χ0v) is 17.5. The Kier molecular flexibility index (Phi) is 6.14. The third-order valence-electron chi connectivity index (χ3n) is 5.17. The minimum atomic E-state index is 0.729. The lowest BCUT2D eigenvalue weighted by molar-refractivity contribution is 0.311. The van der Waals surface area contributed by atoms with Crippen molar-refractivity contribution >= 4 is 28.2 Å². The molecule has 1 fully saturated rings. The lowest BCUT2D eigenvalue weighted by Crippen LogP contribution is -2.45. The Morgan fingerprint density at radius 1 is 1.14 bits per heavy atom. The number of rotatable bonds is 7. The van der Waals surface area contributed by atoms with E-state index in [0.717, 1.165) is 80.3 Å². The number of anilines is 1. The number of nitrogens with zero attached hydrogens (tertiary/aromatic N) is 5. The first-order valence-corrected chi connectivity index (χ1v) is 10.9. The summed E-state index contributed by atoms with van der Waals surface area (Å²) in [6.07, 6.45) is 3.99. The number of piperazine rings is 1. The number of nitrogens with one attached hydrogen (secondary N) is 1. The molecule has 0 atom stereocenters. The Morgan fingerprint density at radius 3 is 2.75 bits per heavy atom. The highest BCUT2D eigenvalue weighted by Gasteiger charge is 2.18. The maximum atomic E-state index is 4.98. The highest BCUT2D eigenvalue weighted by Crippen LogP contribution is 2.22. The minimum Gasteiger partial charge on any atom is -0.338 e. The van der Waals surface area contributed by atoms with Gasteiger partial charge in [0.05, 0.1) is 17.4 Å². The third kappa shape index (κ3) is 4.48. The fourth-order valence-corrected chi connectivity index (χ4v) is 4.19. The van der Waals surface area contributed by atoms with Crippen LogP contribution in [0.15, 0.2) is 29.8 Å². The zero-order valence-electron chi connectivity index (χ0n) is 16.7. The van der Waals surface area contributed by atoms with Gasteiger partial charge in [0.15, 0.2) is 0 Å². The van der Waals surface area contributed by atoms with E-state index in [1.54, 1.807) is 11.3 Å². The Balaban J connectivity index is 1.62. The Bertz CT molecular complexity index is 903. The van der Waals surface area contributed by atoms with Gasteiger partial charge in [0.25, 0.3) is 0 Å². The number of aryl methyl sites for hydroxylation is 1. The molecule has 148 valence electrons. The van der Waals surface area contributed by atoms with Crippen molar-refractivity contribution in [1.82, 2.24) is 25.2 Å². The van der Waals surface area contributed by atoms with Gasteiger partial charge in [-0.05, 0) is 31.0 Å². The number of hydrogen-bond acceptors (Lipinski definition) is 7. The predicted octanol–water partition coefficient (Wildman–Crippen LogP) is 3.08. The molecule has 1 N–H and O–H groups in total. The van der Waals surface area contributed by atoms with Gasteiger partial charge in [-0.2, -0.15) is 0 Å². The summed E-state index contributed by atoms with van der Waals surface area (Å²) < 4.78 is 0. The average Bonchev–Trinajstić information content (AvgIpc) is 3.22. The van der Waals surface area contributed by atoms with Crippen LogP contribution in [0, 0.1) is 0 Å².